The third-order valence-electron chi connectivity index (χ3n) is 1.33. The average molecular weight is 179 g/mol. The summed E-state index contributed by atoms with van der Waals surface area (Å²) in [5.74, 6) is 0. The van der Waals surface area contributed by atoms with E-state index >= 15 is 0 Å². The number of hydrogen-bond acceptors (Lipinski definition) is 3. The van der Waals surface area contributed by atoms with Crippen molar-refractivity contribution < 1.29 is 4.55 Å². The largest absolute Gasteiger partial charge is 0.330 e. The summed E-state index contributed by atoms with van der Waals surface area (Å²) >= 11 is 0.750. The van der Waals surface area contributed by atoms with Crippen molar-refractivity contribution in [2.45, 2.75) is 26.7 Å². The Bertz CT molecular complexity index is 56.1. The Morgan fingerprint density at radius 2 is 1.45 bits per heavy atom. The van der Waals surface area contributed by atoms with Gasteiger partial charge in [0.25, 0.3) is 0 Å². The second-order valence-electron chi connectivity index (χ2n) is 2.19. The van der Waals surface area contributed by atoms with Crippen molar-refractivity contribution in [2.24, 2.45) is 0 Å². The Morgan fingerprint density at radius 3 is 1.55 bits per heavy atom. The molecule has 1 N–H and O–H groups in total. The lowest BCUT2D eigenvalue weighted by molar-refractivity contribution is 0.418. The average Bonchev–Trinajstić information content (AvgIpc) is 2.46. The summed E-state index contributed by atoms with van der Waals surface area (Å²) < 4.78 is 7.49. The molecule has 0 aromatic carbocycles. The van der Waals surface area contributed by atoms with Crippen molar-refractivity contribution in [3.05, 3.63) is 0 Å². The quantitative estimate of drug-likeness (QED) is 0.578. The molecule has 2 nitrogen and oxygen atoms in total. The van der Waals surface area contributed by atoms with Crippen molar-refractivity contribution in [3.63, 3.8) is 0 Å². The molecule has 0 aromatic heterocycles. The molecule has 1 aliphatic heterocycles. The zero-order valence-electron chi connectivity index (χ0n) is 8.13. The minimum Gasteiger partial charge on any atom is -0.330 e. The first kappa shape index (κ1) is 13.8. The summed E-state index contributed by atoms with van der Waals surface area (Å²) in [7, 11) is 2.17. The highest BCUT2D eigenvalue weighted by Gasteiger charge is 2.03. The fourth-order valence-electron chi connectivity index (χ4n) is 0.875. The Balaban J connectivity index is 0. The number of rotatable bonds is 0. The second kappa shape index (κ2) is 12.9. The molecule has 1 heterocycles. The highest BCUT2D eigenvalue weighted by atomic mass is 32.2. The third-order valence-corrected chi connectivity index (χ3v) is 1.33. The van der Waals surface area contributed by atoms with E-state index in [1.807, 2.05) is 13.8 Å². The van der Waals surface area contributed by atoms with E-state index in [0.717, 1.165) is 12.0 Å². The van der Waals surface area contributed by atoms with Gasteiger partial charge in [-0.05, 0) is 45.0 Å². The molecule has 0 saturated carbocycles. The van der Waals surface area contributed by atoms with Crippen LogP contribution in [0, 0.1) is 0 Å². The molecule has 0 aromatic rings. The summed E-state index contributed by atoms with van der Waals surface area (Å²) in [4.78, 5) is 2.36. The Morgan fingerprint density at radius 1 is 1.18 bits per heavy atom. The lowest BCUT2D eigenvalue weighted by Gasteiger charge is -2.01. The highest BCUT2D eigenvalue weighted by Crippen LogP contribution is 2.01. The van der Waals surface area contributed by atoms with E-state index < -0.39 is 0 Å². The van der Waals surface area contributed by atoms with E-state index in [4.69, 9.17) is 4.55 Å². The molecule has 0 aliphatic carbocycles. The van der Waals surface area contributed by atoms with E-state index in [0.29, 0.717) is 0 Å². The first-order chi connectivity index (χ1) is 5.31. The number of likely N-dealkylation sites (tertiary alicyclic amines) is 1. The molecule has 0 radical (unpaired) electrons. The van der Waals surface area contributed by atoms with Gasteiger partial charge in [-0.1, -0.05) is 13.8 Å². The maximum absolute atomic E-state index is 7.49. The summed E-state index contributed by atoms with van der Waals surface area (Å²) in [6.07, 6.45) is 4.42. The summed E-state index contributed by atoms with van der Waals surface area (Å²) in [6, 6.07) is 0. The molecular weight excluding hydrogens is 158 g/mol. The van der Waals surface area contributed by atoms with Gasteiger partial charge in [0.1, 0.15) is 0 Å². The molecule has 70 valence electrons. The van der Waals surface area contributed by atoms with Crippen LogP contribution in [0.5, 0.6) is 0 Å². The van der Waals surface area contributed by atoms with Crippen molar-refractivity contribution in [1.29, 1.82) is 0 Å². The van der Waals surface area contributed by atoms with Gasteiger partial charge >= 0.3 is 0 Å². The second-order valence-corrected chi connectivity index (χ2v) is 2.56. The lowest BCUT2D eigenvalue weighted by atomic mass is 10.4. The van der Waals surface area contributed by atoms with Crippen LogP contribution in [0.4, 0.5) is 0 Å². The van der Waals surface area contributed by atoms with E-state index in [9.17, 15) is 0 Å². The van der Waals surface area contributed by atoms with Crippen molar-refractivity contribution >= 4 is 12.0 Å². The monoisotopic (exact) mass is 179 g/mol. The fourth-order valence-corrected chi connectivity index (χ4v) is 0.875. The first-order valence-electron chi connectivity index (χ1n) is 4.17. The normalized spacial score (nSPS) is 16.1. The van der Waals surface area contributed by atoms with Gasteiger partial charge in [-0.25, -0.2) is 0 Å². The van der Waals surface area contributed by atoms with Gasteiger partial charge in [0.15, 0.2) is 0 Å². The highest BCUT2D eigenvalue weighted by molar-refractivity contribution is 7.93. The molecule has 0 atom stereocenters. The molecule has 1 fully saturated rings. The maximum atomic E-state index is 7.49. The number of hydrogen-bond donors (Lipinski definition) is 1. The number of nitrogens with zero attached hydrogens (tertiary/aromatic N) is 1. The Hall–Kier alpha value is 0.270. The van der Waals surface area contributed by atoms with Crippen LogP contribution in [-0.2, 0) is 0 Å². The molecular formula is C8H21NOS. The molecule has 11 heavy (non-hydrogen) atoms. The van der Waals surface area contributed by atoms with Gasteiger partial charge in [0.05, 0.1) is 0 Å². The van der Waals surface area contributed by atoms with Crippen molar-refractivity contribution in [1.82, 2.24) is 4.90 Å². The Labute approximate surface area is 75.2 Å². The zero-order valence-corrected chi connectivity index (χ0v) is 8.95. The van der Waals surface area contributed by atoms with Crippen LogP contribution in [0.1, 0.15) is 26.7 Å². The fraction of sp³-hybridized carbons (Fsp3) is 1.00. The van der Waals surface area contributed by atoms with E-state index in [-0.39, 0.29) is 0 Å². The maximum Gasteiger partial charge on any atom is 0.00795 e. The molecule has 1 saturated heterocycles. The van der Waals surface area contributed by atoms with E-state index in [1.165, 1.54) is 25.9 Å². The summed E-state index contributed by atoms with van der Waals surface area (Å²) in [5, 5.41) is 0. The minimum atomic E-state index is 0.750. The lowest BCUT2D eigenvalue weighted by Crippen LogP contribution is -2.10. The van der Waals surface area contributed by atoms with Crippen molar-refractivity contribution in [3.8, 4) is 0 Å². The van der Waals surface area contributed by atoms with Crippen LogP contribution in [0.15, 0.2) is 0 Å². The van der Waals surface area contributed by atoms with Crippen molar-refractivity contribution in [2.75, 3.05) is 26.4 Å². The van der Waals surface area contributed by atoms with Crippen LogP contribution in [0.2, 0.25) is 0 Å². The molecule has 1 rings (SSSR count). The van der Waals surface area contributed by atoms with E-state index in [1.54, 1.807) is 6.26 Å². The molecule has 3 heteroatoms. The van der Waals surface area contributed by atoms with E-state index in [2.05, 4.69) is 11.9 Å². The van der Waals surface area contributed by atoms with Gasteiger partial charge in [-0.3, -0.25) is 0 Å². The zero-order chi connectivity index (χ0) is 9.11. The topological polar surface area (TPSA) is 23.5 Å². The minimum absolute atomic E-state index is 0.750. The van der Waals surface area contributed by atoms with Crippen LogP contribution < -0.4 is 0 Å². The standard InChI is InChI=1S/C5H11N.C2H6.CH4OS/c1-6-4-2-3-5-6;1-2;1-3-2/h2-5H2,1H3;1-2H3;2H,1H3. The van der Waals surface area contributed by atoms with Crippen LogP contribution in [0.3, 0.4) is 0 Å². The Kier molecular flexibility index (Phi) is 16.2. The van der Waals surface area contributed by atoms with Crippen LogP contribution >= 0.6 is 12.0 Å². The molecule has 0 unspecified atom stereocenters. The molecule has 0 bridgehead atoms. The van der Waals surface area contributed by atoms with Crippen LogP contribution in [-0.4, -0.2) is 35.8 Å². The van der Waals surface area contributed by atoms with Gasteiger partial charge in [0.2, 0.25) is 0 Å². The summed E-state index contributed by atoms with van der Waals surface area (Å²) in [6.45, 7) is 6.64. The predicted octanol–water partition coefficient (Wildman–Crippen LogP) is 2.56. The van der Waals surface area contributed by atoms with Gasteiger partial charge in [-0.15, -0.1) is 0 Å². The van der Waals surface area contributed by atoms with Gasteiger partial charge < -0.3 is 9.45 Å². The third kappa shape index (κ3) is 13.3. The van der Waals surface area contributed by atoms with Gasteiger partial charge in [-0.2, -0.15) is 0 Å². The molecule has 1 aliphatic rings. The molecule has 0 amide bonds. The summed E-state index contributed by atoms with van der Waals surface area (Å²) in [5.41, 5.74) is 0. The van der Waals surface area contributed by atoms with Gasteiger partial charge in [0, 0.05) is 6.26 Å². The smallest absolute Gasteiger partial charge is 0.00795 e. The molecule has 0 spiro atoms. The van der Waals surface area contributed by atoms with Crippen LogP contribution in [0.25, 0.3) is 0 Å². The SMILES string of the molecule is CC.CN1CCCC1.CSO. The predicted molar refractivity (Wildman–Crippen MR) is 54.2 cm³/mol. The first-order valence-corrected chi connectivity index (χ1v) is 5.35.